The van der Waals surface area contributed by atoms with Crippen LogP contribution in [0.3, 0.4) is 0 Å². The van der Waals surface area contributed by atoms with Crippen LogP contribution in [0.5, 0.6) is 5.75 Å². The highest BCUT2D eigenvalue weighted by atomic mass is 35.5. The summed E-state index contributed by atoms with van der Waals surface area (Å²) in [7, 11) is 0. The monoisotopic (exact) mass is 413 g/mol. The molecule has 0 bridgehead atoms. The van der Waals surface area contributed by atoms with Crippen LogP contribution in [-0.4, -0.2) is 47.9 Å². The summed E-state index contributed by atoms with van der Waals surface area (Å²) < 4.78 is 6.05. The topological polar surface area (TPSA) is 87.8 Å². The molecule has 148 valence electrons. The number of carbonyl (C=O) groups is 1. The summed E-state index contributed by atoms with van der Waals surface area (Å²) >= 11 is 0. The van der Waals surface area contributed by atoms with Crippen LogP contribution >= 0.6 is 24.8 Å². The van der Waals surface area contributed by atoms with Crippen molar-refractivity contribution in [2.24, 2.45) is 5.73 Å². The summed E-state index contributed by atoms with van der Waals surface area (Å²) in [5, 5.41) is 11.1. The number of carboxylic acid groups (broad SMARTS) is 1. The molecule has 0 radical (unpaired) electrons. The molecule has 0 aromatic heterocycles. The van der Waals surface area contributed by atoms with Gasteiger partial charge in [0.2, 0.25) is 0 Å². The molecule has 0 spiro atoms. The Hall–Kier alpha value is -1.83. The van der Waals surface area contributed by atoms with Gasteiger partial charge in [-0.2, -0.15) is 0 Å². The van der Waals surface area contributed by atoms with Gasteiger partial charge in [-0.3, -0.25) is 10.2 Å². The van der Waals surface area contributed by atoms with E-state index in [1.165, 1.54) is 0 Å². The van der Waals surface area contributed by atoms with Crippen molar-refractivity contribution in [3.05, 3.63) is 54.6 Å². The van der Waals surface area contributed by atoms with Crippen molar-refractivity contribution in [2.75, 3.05) is 19.6 Å². The predicted molar refractivity (Wildman–Crippen MR) is 111 cm³/mol. The van der Waals surface area contributed by atoms with E-state index in [1.54, 1.807) is 5.01 Å². The van der Waals surface area contributed by atoms with Crippen LogP contribution in [-0.2, 0) is 4.79 Å². The van der Waals surface area contributed by atoms with E-state index in [-0.39, 0.29) is 30.9 Å². The molecule has 0 unspecified atom stereocenters. The summed E-state index contributed by atoms with van der Waals surface area (Å²) in [6.45, 7) is 1.50. The molecular weight excluding hydrogens is 389 g/mol. The zero-order valence-electron chi connectivity index (χ0n) is 14.8. The van der Waals surface area contributed by atoms with E-state index in [9.17, 15) is 9.90 Å². The summed E-state index contributed by atoms with van der Waals surface area (Å²) in [6, 6.07) is 17.3. The fraction of sp³-hybridized carbons (Fsp3) is 0.316. The second kappa shape index (κ2) is 11.1. The minimum atomic E-state index is -0.853. The zero-order valence-corrected chi connectivity index (χ0v) is 16.4. The standard InChI is InChI=1S/C19H23N3O3.2ClH/c20-9-10-21-22-13-17(12-18(22)19(23)24)25-16-8-4-7-15(11-16)14-5-2-1-3-6-14;;/h1-8,11,17-18,21H,9-10,12-13,20H2,(H,23,24);2*1H/t17-,18+;;/m1../s1. The Morgan fingerprint density at radius 2 is 1.85 bits per heavy atom. The predicted octanol–water partition coefficient (Wildman–Crippen LogP) is 2.57. The summed E-state index contributed by atoms with van der Waals surface area (Å²) in [4.78, 5) is 11.4. The lowest BCUT2D eigenvalue weighted by atomic mass is 10.1. The zero-order chi connectivity index (χ0) is 17.6. The molecule has 2 atom stereocenters. The molecule has 8 heteroatoms. The number of benzene rings is 2. The highest BCUT2D eigenvalue weighted by molar-refractivity contribution is 5.85. The molecule has 6 nitrogen and oxygen atoms in total. The number of carboxylic acids is 1. The Labute approximate surface area is 171 Å². The van der Waals surface area contributed by atoms with E-state index in [4.69, 9.17) is 10.5 Å². The molecule has 1 aliphatic heterocycles. The molecule has 0 aliphatic carbocycles. The minimum Gasteiger partial charge on any atom is -0.489 e. The number of nitrogens with two attached hydrogens (primary N) is 1. The van der Waals surface area contributed by atoms with Crippen LogP contribution in [0.15, 0.2) is 54.6 Å². The first-order valence-corrected chi connectivity index (χ1v) is 8.42. The summed E-state index contributed by atoms with van der Waals surface area (Å²) in [5.74, 6) is -0.107. The minimum absolute atomic E-state index is 0. The van der Waals surface area contributed by atoms with Gasteiger partial charge in [-0.25, -0.2) is 5.01 Å². The second-order valence-corrected chi connectivity index (χ2v) is 6.07. The van der Waals surface area contributed by atoms with Gasteiger partial charge in [-0.05, 0) is 23.3 Å². The largest absolute Gasteiger partial charge is 0.489 e. The van der Waals surface area contributed by atoms with Crippen LogP contribution < -0.4 is 15.9 Å². The third-order valence-corrected chi connectivity index (χ3v) is 4.25. The van der Waals surface area contributed by atoms with Gasteiger partial charge < -0.3 is 15.6 Å². The lowest BCUT2D eigenvalue weighted by Crippen LogP contribution is -2.47. The van der Waals surface area contributed by atoms with Crippen LogP contribution in [0.1, 0.15) is 6.42 Å². The normalized spacial score (nSPS) is 19.0. The average Bonchev–Trinajstić information content (AvgIpc) is 3.04. The molecule has 1 saturated heterocycles. The maximum absolute atomic E-state index is 11.4. The van der Waals surface area contributed by atoms with Crippen LogP contribution in [0.2, 0.25) is 0 Å². The third kappa shape index (κ3) is 6.09. The molecule has 27 heavy (non-hydrogen) atoms. The molecule has 2 aromatic rings. The Morgan fingerprint density at radius 1 is 1.15 bits per heavy atom. The Morgan fingerprint density at radius 3 is 2.52 bits per heavy atom. The summed E-state index contributed by atoms with van der Waals surface area (Å²) in [6.07, 6.45) is 0.250. The smallest absolute Gasteiger partial charge is 0.322 e. The van der Waals surface area contributed by atoms with E-state index in [0.717, 1.165) is 16.9 Å². The first-order valence-electron chi connectivity index (χ1n) is 8.42. The highest BCUT2D eigenvalue weighted by Crippen LogP contribution is 2.26. The number of hydrogen-bond donors (Lipinski definition) is 3. The van der Waals surface area contributed by atoms with Crippen LogP contribution in [0, 0.1) is 0 Å². The van der Waals surface area contributed by atoms with Crippen molar-refractivity contribution in [1.82, 2.24) is 10.4 Å². The Kier molecular flexibility index (Phi) is 9.55. The van der Waals surface area contributed by atoms with Crippen LogP contribution in [0.4, 0.5) is 0 Å². The first kappa shape index (κ1) is 23.2. The number of halogens is 2. The molecule has 1 heterocycles. The van der Waals surface area contributed by atoms with E-state index in [2.05, 4.69) is 5.43 Å². The Bertz CT molecular complexity index is 718. The van der Waals surface area contributed by atoms with Crippen molar-refractivity contribution >= 4 is 30.8 Å². The second-order valence-electron chi connectivity index (χ2n) is 6.07. The Balaban J connectivity index is 0.00000182. The summed E-state index contributed by atoms with van der Waals surface area (Å²) in [5.41, 5.74) is 10.7. The highest BCUT2D eigenvalue weighted by Gasteiger charge is 2.38. The van der Waals surface area contributed by atoms with Crippen molar-refractivity contribution in [2.45, 2.75) is 18.6 Å². The van der Waals surface area contributed by atoms with Gasteiger partial charge in [0, 0.05) is 19.5 Å². The molecule has 4 N–H and O–H groups in total. The quantitative estimate of drug-likeness (QED) is 0.646. The first-order chi connectivity index (χ1) is 12.2. The number of nitrogens with one attached hydrogen (secondary N) is 1. The maximum atomic E-state index is 11.4. The van der Waals surface area contributed by atoms with Gasteiger partial charge in [0.1, 0.15) is 17.9 Å². The van der Waals surface area contributed by atoms with E-state index in [0.29, 0.717) is 26.1 Å². The fourth-order valence-corrected chi connectivity index (χ4v) is 3.07. The lowest BCUT2D eigenvalue weighted by molar-refractivity contribution is -0.143. The van der Waals surface area contributed by atoms with Gasteiger partial charge in [0.15, 0.2) is 0 Å². The molecular formula is C19H25Cl2N3O3. The van der Waals surface area contributed by atoms with Gasteiger partial charge in [0.25, 0.3) is 0 Å². The van der Waals surface area contributed by atoms with E-state index < -0.39 is 12.0 Å². The van der Waals surface area contributed by atoms with E-state index >= 15 is 0 Å². The number of nitrogens with zero attached hydrogens (tertiary/aromatic N) is 1. The molecule has 1 aliphatic rings. The maximum Gasteiger partial charge on any atom is 0.322 e. The van der Waals surface area contributed by atoms with Crippen molar-refractivity contribution < 1.29 is 14.6 Å². The van der Waals surface area contributed by atoms with Crippen molar-refractivity contribution in [3.63, 3.8) is 0 Å². The lowest BCUT2D eigenvalue weighted by Gasteiger charge is -2.21. The van der Waals surface area contributed by atoms with Gasteiger partial charge in [-0.1, -0.05) is 42.5 Å². The van der Waals surface area contributed by atoms with Crippen molar-refractivity contribution in [3.8, 4) is 16.9 Å². The fourth-order valence-electron chi connectivity index (χ4n) is 3.07. The van der Waals surface area contributed by atoms with Gasteiger partial charge in [0.05, 0.1) is 6.54 Å². The molecule has 0 saturated carbocycles. The van der Waals surface area contributed by atoms with Crippen molar-refractivity contribution in [1.29, 1.82) is 0 Å². The number of hydrogen-bond acceptors (Lipinski definition) is 5. The number of aliphatic carboxylic acids is 1. The third-order valence-electron chi connectivity index (χ3n) is 4.25. The number of rotatable bonds is 7. The number of hydrazine groups is 1. The van der Waals surface area contributed by atoms with Gasteiger partial charge in [-0.15, -0.1) is 24.8 Å². The molecule has 1 fully saturated rings. The molecule has 3 rings (SSSR count). The van der Waals surface area contributed by atoms with E-state index in [1.807, 2.05) is 54.6 Å². The average molecular weight is 414 g/mol. The SMILES string of the molecule is Cl.Cl.NCCNN1C[C@H](Oc2cccc(-c3ccccc3)c2)C[C@H]1C(=O)O. The molecule has 0 amide bonds. The van der Waals surface area contributed by atoms with Gasteiger partial charge >= 0.3 is 5.97 Å². The number of ether oxygens (including phenoxy) is 1. The molecule has 2 aromatic carbocycles. The van der Waals surface area contributed by atoms with Crippen LogP contribution in [0.25, 0.3) is 11.1 Å².